The molecule has 1 heterocycles. The van der Waals surface area contributed by atoms with Gasteiger partial charge in [0.05, 0.1) is 38.0 Å². The highest BCUT2D eigenvalue weighted by Gasteiger charge is 2.13. The third-order valence-corrected chi connectivity index (χ3v) is 5.04. The van der Waals surface area contributed by atoms with Gasteiger partial charge < -0.3 is 20.1 Å². The number of hydrogen-bond donors (Lipinski definition) is 2. The Morgan fingerprint density at radius 1 is 1.21 bits per heavy atom. The Kier molecular flexibility index (Phi) is 8.79. The molecule has 3 rings (SSSR count). The van der Waals surface area contributed by atoms with Crippen LogP contribution < -0.4 is 15.4 Å². The molecule has 2 aromatic carbocycles. The smallest absolute Gasteiger partial charge is 0.320 e. The molecule has 0 saturated carbocycles. The van der Waals surface area contributed by atoms with Gasteiger partial charge in [-0.3, -0.25) is 14.5 Å². The first-order valence-electron chi connectivity index (χ1n) is 10.4. The lowest BCUT2D eigenvalue weighted by atomic mass is 10.2. The predicted octanol–water partition coefficient (Wildman–Crippen LogP) is 3.58. The van der Waals surface area contributed by atoms with E-state index in [-0.39, 0.29) is 19.1 Å². The Hall–Kier alpha value is -3.68. The Labute approximate surface area is 206 Å². The number of nitrogens with zero attached hydrogens (tertiary/aromatic N) is 3. The summed E-state index contributed by atoms with van der Waals surface area (Å²) in [5.41, 5.74) is 1.92. The van der Waals surface area contributed by atoms with Crippen molar-refractivity contribution in [3.05, 3.63) is 47.2 Å². The molecular weight excluding hydrogens is 502 g/mol. The third kappa shape index (κ3) is 6.91. The first-order chi connectivity index (χ1) is 16.4. The molecule has 0 aliphatic carbocycles. The first kappa shape index (κ1) is 25.0. The summed E-state index contributed by atoms with van der Waals surface area (Å²) in [7, 11) is 3.23. The summed E-state index contributed by atoms with van der Waals surface area (Å²) in [5.74, 6) is 5.44. The molecule has 0 saturated heterocycles. The summed E-state index contributed by atoms with van der Waals surface area (Å²) in [5, 5.41) is 6.72. The highest BCUT2D eigenvalue weighted by molar-refractivity contribution is 9.10. The van der Waals surface area contributed by atoms with Crippen molar-refractivity contribution in [2.24, 2.45) is 0 Å². The molecule has 1 amide bonds. The van der Waals surface area contributed by atoms with Crippen LogP contribution in [0.4, 0.5) is 17.2 Å². The van der Waals surface area contributed by atoms with Crippen molar-refractivity contribution in [2.45, 2.75) is 6.92 Å². The normalized spacial score (nSPS) is 10.4. The number of halogens is 1. The Morgan fingerprint density at radius 2 is 2.03 bits per heavy atom. The highest BCUT2D eigenvalue weighted by atomic mass is 79.9. The van der Waals surface area contributed by atoms with Gasteiger partial charge in [-0.15, -0.1) is 0 Å². The minimum atomic E-state index is -0.513. The number of esters is 1. The lowest BCUT2D eigenvalue weighted by Crippen LogP contribution is -2.27. The molecule has 0 spiro atoms. The zero-order valence-corrected chi connectivity index (χ0v) is 20.6. The van der Waals surface area contributed by atoms with Crippen LogP contribution in [0, 0.1) is 11.8 Å². The summed E-state index contributed by atoms with van der Waals surface area (Å²) >= 11 is 3.46. The summed E-state index contributed by atoms with van der Waals surface area (Å²) in [6.45, 7) is 2.39. The third-order valence-electron chi connectivity index (χ3n) is 4.55. The van der Waals surface area contributed by atoms with Crippen molar-refractivity contribution >= 4 is 55.9 Å². The highest BCUT2D eigenvalue weighted by Crippen LogP contribution is 2.33. The van der Waals surface area contributed by atoms with Crippen LogP contribution in [0.25, 0.3) is 10.9 Å². The summed E-state index contributed by atoms with van der Waals surface area (Å²) < 4.78 is 11.2. The van der Waals surface area contributed by atoms with Gasteiger partial charge in [0.1, 0.15) is 17.9 Å². The molecule has 0 unspecified atom stereocenters. The van der Waals surface area contributed by atoms with E-state index in [2.05, 4.69) is 48.4 Å². The number of rotatable bonds is 8. The van der Waals surface area contributed by atoms with Crippen LogP contribution in [-0.4, -0.2) is 60.6 Å². The molecular formula is C24H24BrN5O4. The van der Waals surface area contributed by atoms with Crippen LogP contribution in [0.5, 0.6) is 5.75 Å². The molecule has 1 aromatic heterocycles. The van der Waals surface area contributed by atoms with Gasteiger partial charge in [-0.1, -0.05) is 27.9 Å². The quantitative estimate of drug-likeness (QED) is 0.339. The molecule has 176 valence electrons. The van der Waals surface area contributed by atoms with Gasteiger partial charge in [0, 0.05) is 21.6 Å². The fourth-order valence-electron chi connectivity index (χ4n) is 3.04. The molecule has 9 nitrogen and oxygen atoms in total. The molecule has 3 aromatic rings. The maximum Gasteiger partial charge on any atom is 0.320 e. The number of nitrogens with one attached hydrogen (secondary N) is 2. The van der Waals surface area contributed by atoms with E-state index >= 15 is 0 Å². The van der Waals surface area contributed by atoms with E-state index in [9.17, 15) is 9.59 Å². The van der Waals surface area contributed by atoms with Crippen LogP contribution in [-0.2, 0) is 14.3 Å². The Morgan fingerprint density at radius 3 is 2.76 bits per heavy atom. The number of ether oxygens (including phenoxy) is 2. The van der Waals surface area contributed by atoms with Gasteiger partial charge in [0.2, 0.25) is 0 Å². The number of anilines is 3. The zero-order valence-electron chi connectivity index (χ0n) is 19.0. The van der Waals surface area contributed by atoms with Crippen molar-refractivity contribution in [3.63, 3.8) is 0 Å². The number of aromatic nitrogens is 2. The van der Waals surface area contributed by atoms with Crippen molar-refractivity contribution in [3.8, 4) is 17.6 Å². The summed E-state index contributed by atoms with van der Waals surface area (Å²) in [4.78, 5) is 34.3. The second-order valence-electron chi connectivity index (χ2n) is 7.16. The second kappa shape index (κ2) is 12.0. The van der Waals surface area contributed by atoms with Gasteiger partial charge in [0.15, 0.2) is 0 Å². The lowest BCUT2D eigenvalue weighted by molar-refractivity contribution is -0.143. The largest absolute Gasteiger partial charge is 0.494 e. The van der Waals surface area contributed by atoms with Crippen LogP contribution in [0.1, 0.15) is 6.92 Å². The van der Waals surface area contributed by atoms with Gasteiger partial charge in [-0.05, 0) is 44.2 Å². The van der Waals surface area contributed by atoms with E-state index < -0.39 is 5.91 Å². The van der Waals surface area contributed by atoms with Gasteiger partial charge in [0.25, 0.3) is 5.91 Å². The predicted molar refractivity (Wildman–Crippen MR) is 134 cm³/mol. The fourth-order valence-corrected chi connectivity index (χ4v) is 3.44. The van der Waals surface area contributed by atoms with Gasteiger partial charge >= 0.3 is 5.97 Å². The van der Waals surface area contributed by atoms with E-state index in [0.29, 0.717) is 34.8 Å². The van der Waals surface area contributed by atoms with Crippen LogP contribution >= 0.6 is 15.9 Å². The number of fused-ring (bicyclic) bond motifs is 1. The zero-order chi connectivity index (χ0) is 24.5. The van der Waals surface area contributed by atoms with E-state index in [1.54, 1.807) is 31.0 Å². The average Bonchev–Trinajstić information content (AvgIpc) is 2.79. The number of amides is 1. The number of likely N-dealkylation sites (N-methyl/N-ethyl adjacent to an activating group) is 1. The Balaban J connectivity index is 1.78. The standard InChI is InChI=1S/C24H24BrN5O4/c1-4-34-23(32)14-30(2)10-6-9-22(31)29-20-12-18-19(13-21(20)33-3)26-15-27-24(18)28-17-8-5-7-16(25)11-17/h5,7-8,11-13,15H,4,10,14H2,1-3H3,(H,29,31)(H,26,27,28). The van der Waals surface area contributed by atoms with Crippen molar-refractivity contribution < 1.29 is 19.1 Å². The number of methoxy groups -OCH3 is 1. The molecule has 0 atom stereocenters. The topological polar surface area (TPSA) is 106 Å². The number of hydrogen-bond acceptors (Lipinski definition) is 8. The van der Waals surface area contributed by atoms with Crippen LogP contribution in [0.2, 0.25) is 0 Å². The average molecular weight is 526 g/mol. The minimum Gasteiger partial charge on any atom is -0.494 e. The Bertz CT molecular complexity index is 1260. The molecule has 0 fully saturated rings. The number of carbonyl (C=O) groups is 2. The van der Waals surface area contributed by atoms with Crippen molar-refractivity contribution in [1.82, 2.24) is 14.9 Å². The van der Waals surface area contributed by atoms with E-state index in [0.717, 1.165) is 10.2 Å². The van der Waals surface area contributed by atoms with Crippen LogP contribution in [0.3, 0.4) is 0 Å². The summed E-state index contributed by atoms with van der Waals surface area (Å²) in [6.07, 6.45) is 1.46. The maximum absolute atomic E-state index is 12.4. The monoisotopic (exact) mass is 525 g/mol. The second-order valence-corrected chi connectivity index (χ2v) is 8.08. The lowest BCUT2D eigenvalue weighted by Gasteiger charge is -2.13. The van der Waals surface area contributed by atoms with E-state index in [4.69, 9.17) is 9.47 Å². The van der Waals surface area contributed by atoms with E-state index in [1.807, 2.05) is 24.3 Å². The molecule has 34 heavy (non-hydrogen) atoms. The first-order valence-corrected chi connectivity index (χ1v) is 11.2. The maximum atomic E-state index is 12.4. The fraction of sp³-hybridized carbons (Fsp3) is 0.250. The van der Waals surface area contributed by atoms with Gasteiger partial charge in [-0.25, -0.2) is 9.97 Å². The molecule has 10 heteroatoms. The van der Waals surface area contributed by atoms with Crippen molar-refractivity contribution in [2.75, 3.05) is 44.5 Å². The number of benzene rings is 2. The van der Waals surface area contributed by atoms with Gasteiger partial charge in [-0.2, -0.15) is 0 Å². The molecule has 2 N–H and O–H groups in total. The molecule has 0 aliphatic heterocycles. The van der Waals surface area contributed by atoms with E-state index in [1.165, 1.54) is 13.4 Å². The minimum absolute atomic E-state index is 0.0936. The van der Waals surface area contributed by atoms with Crippen LogP contribution in [0.15, 0.2) is 47.2 Å². The van der Waals surface area contributed by atoms with Crippen molar-refractivity contribution in [1.29, 1.82) is 0 Å². The SMILES string of the molecule is CCOC(=O)CN(C)CC#CC(=O)Nc1cc2c(Nc3cccc(Br)c3)ncnc2cc1OC. The molecule has 0 radical (unpaired) electrons. The number of carbonyl (C=O) groups excluding carboxylic acids is 2. The summed E-state index contributed by atoms with van der Waals surface area (Å²) in [6, 6.07) is 11.1. The molecule has 0 aliphatic rings. The molecule has 0 bridgehead atoms.